The predicted octanol–water partition coefficient (Wildman–Crippen LogP) is 5.70. The molecular formula is C26H51N3O2. The highest BCUT2D eigenvalue weighted by atomic mass is 16.2. The van der Waals surface area contributed by atoms with Crippen molar-refractivity contribution in [1.29, 1.82) is 0 Å². The number of amides is 2. The van der Waals surface area contributed by atoms with Gasteiger partial charge in [-0.25, -0.2) is 0 Å². The summed E-state index contributed by atoms with van der Waals surface area (Å²) in [6.45, 7) is 4.61. The highest BCUT2D eigenvalue weighted by molar-refractivity contribution is 5.80. The van der Waals surface area contributed by atoms with Crippen LogP contribution in [0.15, 0.2) is 0 Å². The molecule has 0 aromatic heterocycles. The molecule has 0 aliphatic carbocycles. The maximum absolute atomic E-state index is 12.6. The van der Waals surface area contributed by atoms with Gasteiger partial charge in [0, 0.05) is 32.0 Å². The van der Waals surface area contributed by atoms with Crippen LogP contribution in [0.5, 0.6) is 0 Å². The van der Waals surface area contributed by atoms with E-state index in [2.05, 4.69) is 12.2 Å². The van der Waals surface area contributed by atoms with E-state index < -0.39 is 0 Å². The number of carbonyl (C=O) groups is 2. The Labute approximate surface area is 192 Å². The van der Waals surface area contributed by atoms with Crippen LogP contribution in [-0.2, 0) is 9.59 Å². The molecule has 0 bridgehead atoms. The van der Waals surface area contributed by atoms with Crippen molar-refractivity contribution in [2.75, 3.05) is 19.6 Å². The largest absolute Gasteiger partial charge is 0.356 e. The van der Waals surface area contributed by atoms with Crippen molar-refractivity contribution >= 4 is 11.8 Å². The van der Waals surface area contributed by atoms with Crippen molar-refractivity contribution in [3.63, 3.8) is 0 Å². The number of nitrogens with one attached hydrogen (secondary N) is 1. The van der Waals surface area contributed by atoms with Crippen LogP contribution >= 0.6 is 0 Å². The van der Waals surface area contributed by atoms with E-state index in [1.165, 1.54) is 64.2 Å². The first kappa shape index (κ1) is 27.9. The monoisotopic (exact) mass is 437 g/mol. The number of unbranched alkanes of at least 4 members (excludes halogenated alkanes) is 13. The first-order valence-corrected chi connectivity index (χ1v) is 13.4. The van der Waals surface area contributed by atoms with Crippen molar-refractivity contribution in [3.05, 3.63) is 0 Å². The summed E-state index contributed by atoms with van der Waals surface area (Å²) in [6.07, 6.45) is 21.6. The first-order chi connectivity index (χ1) is 15.2. The number of nitrogens with two attached hydrogens (primary N) is 1. The maximum atomic E-state index is 12.6. The number of carbonyl (C=O) groups excluding carboxylic acids is 2. The lowest BCUT2D eigenvalue weighted by molar-refractivity contribution is -0.133. The molecule has 0 spiro atoms. The number of rotatable bonds is 20. The topological polar surface area (TPSA) is 75.4 Å². The van der Waals surface area contributed by atoms with Gasteiger partial charge >= 0.3 is 0 Å². The van der Waals surface area contributed by atoms with Crippen LogP contribution in [0.25, 0.3) is 0 Å². The average molecular weight is 438 g/mol. The van der Waals surface area contributed by atoms with Crippen LogP contribution in [0.2, 0.25) is 0 Å². The standard InChI is InChI=1S/C26H51N3O2/c1-2-3-4-5-6-7-8-9-11-14-19-26(31)29-22-17-18-24(29)23-25(30)28-21-16-13-10-12-15-20-27/h24H,2-23,27H2,1H3,(H,28,30). The normalized spacial score (nSPS) is 16.1. The zero-order valence-electron chi connectivity index (χ0n) is 20.5. The Bertz CT molecular complexity index is 456. The van der Waals surface area contributed by atoms with Gasteiger partial charge in [-0.15, -0.1) is 0 Å². The minimum atomic E-state index is 0.102. The molecule has 0 aromatic rings. The fourth-order valence-electron chi connectivity index (χ4n) is 4.60. The lowest BCUT2D eigenvalue weighted by Gasteiger charge is -2.24. The summed E-state index contributed by atoms with van der Waals surface area (Å²) in [5.74, 6) is 0.361. The van der Waals surface area contributed by atoms with Crippen LogP contribution in [0, 0.1) is 0 Å². The molecule has 3 N–H and O–H groups in total. The Kier molecular flexibility index (Phi) is 17.6. The van der Waals surface area contributed by atoms with Crippen molar-refractivity contribution in [2.24, 2.45) is 5.73 Å². The van der Waals surface area contributed by atoms with E-state index in [0.29, 0.717) is 12.8 Å². The Morgan fingerprint density at radius 2 is 1.42 bits per heavy atom. The van der Waals surface area contributed by atoms with Gasteiger partial charge in [0.05, 0.1) is 0 Å². The van der Waals surface area contributed by atoms with Crippen LogP contribution in [0.1, 0.15) is 129 Å². The minimum Gasteiger partial charge on any atom is -0.356 e. The quantitative estimate of drug-likeness (QED) is 0.240. The summed E-state index contributed by atoms with van der Waals surface area (Å²) in [7, 11) is 0. The molecule has 31 heavy (non-hydrogen) atoms. The van der Waals surface area contributed by atoms with Gasteiger partial charge in [-0.3, -0.25) is 9.59 Å². The third-order valence-electron chi connectivity index (χ3n) is 6.57. The van der Waals surface area contributed by atoms with E-state index in [1.807, 2.05) is 4.90 Å². The number of nitrogens with zero attached hydrogens (tertiary/aromatic N) is 1. The van der Waals surface area contributed by atoms with Gasteiger partial charge in [-0.2, -0.15) is 0 Å². The molecule has 5 nitrogen and oxygen atoms in total. The van der Waals surface area contributed by atoms with E-state index in [1.54, 1.807) is 0 Å². The zero-order valence-corrected chi connectivity index (χ0v) is 20.5. The minimum absolute atomic E-state index is 0.102. The first-order valence-electron chi connectivity index (χ1n) is 13.4. The molecule has 0 radical (unpaired) electrons. The Morgan fingerprint density at radius 1 is 0.839 bits per heavy atom. The fraction of sp³-hybridized carbons (Fsp3) is 0.923. The predicted molar refractivity (Wildman–Crippen MR) is 131 cm³/mol. The fourth-order valence-corrected chi connectivity index (χ4v) is 4.60. The lowest BCUT2D eigenvalue weighted by atomic mass is 10.1. The number of likely N-dealkylation sites (tertiary alicyclic amines) is 1. The molecule has 1 unspecified atom stereocenters. The van der Waals surface area contributed by atoms with E-state index in [-0.39, 0.29) is 17.9 Å². The molecule has 1 atom stereocenters. The van der Waals surface area contributed by atoms with Gasteiger partial charge in [0.2, 0.25) is 11.8 Å². The molecular weight excluding hydrogens is 386 g/mol. The van der Waals surface area contributed by atoms with Crippen molar-refractivity contribution in [3.8, 4) is 0 Å². The van der Waals surface area contributed by atoms with E-state index >= 15 is 0 Å². The molecule has 1 aliphatic heterocycles. The van der Waals surface area contributed by atoms with Gasteiger partial charge in [-0.05, 0) is 38.6 Å². The summed E-state index contributed by atoms with van der Waals surface area (Å²) in [5.41, 5.74) is 5.50. The van der Waals surface area contributed by atoms with Gasteiger partial charge in [0.25, 0.3) is 0 Å². The second-order valence-electron chi connectivity index (χ2n) is 9.43. The Morgan fingerprint density at radius 3 is 2.06 bits per heavy atom. The van der Waals surface area contributed by atoms with Gasteiger partial charge < -0.3 is 16.0 Å². The average Bonchev–Trinajstić information content (AvgIpc) is 3.22. The Balaban J connectivity index is 2.06. The summed E-state index contributed by atoms with van der Waals surface area (Å²) in [5, 5.41) is 3.05. The highest BCUT2D eigenvalue weighted by Gasteiger charge is 2.29. The van der Waals surface area contributed by atoms with E-state index in [4.69, 9.17) is 5.73 Å². The zero-order chi connectivity index (χ0) is 22.6. The molecule has 1 rings (SSSR count). The Hall–Kier alpha value is -1.10. The van der Waals surface area contributed by atoms with Gasteiger partial charge in [-0.1, -0.05) is 84.0 Å². The molecule has 0 saturated carbocycles. The van der Waals surface area contributed by atoms with Crippen LogP contribution < -0.4 is 11.1 Å². The molecule has 2 amide bonds. The maximum Gasteiger partial charge on any atom is 0.222 e. The van der Waals surface area contributed by atoms with Crippen molar-refractivity contribution in [1.82, 2.24) is 10.2 Å². The van der Waals surface area contributed by atoms with Crippen molar-refractivity contribution < 1.29 is 9.59 Å². The SMILES string of the molecule is CCCCCCCCCCCCC(=O)N1CCCC1CC(=O)NCCCCCCCN. The molecule has 1 heterocycles. The third kappa shape index (κ3) is 14.6. The van der Waals surface area contributed by atoms with E-state index in [0.717, 1.165) is 64.6 Å². The molecule has 1 aliphatic rings. The summed E-state index contributed by atoms with van der Waals surface area (Å²) < 4.78 is 0. The highest BCUT2D eigenvalue weighted by Crippen LogP contribution is 2.22. The van der Waals surface area contributed by atoms with Crippen LogP contribution in [0.4, 0.5) is 0 Å². The smallest absolute Gasteiger partial charge is 0.222 e. The van der Waals surface area contributed by atoms with Gasteiger partial charge in [0.15, 0.2) is 0 Å². The summed E-state index contributed by atoms with van der Waals surface area (Å²) >= 11 is 0. The van der Waals surface area contributed by atoms with Crippen LogP contribution in [0.3, 0.4) is 0 Å². The van der Waals surface area contributed by atoms with Gasteiger partial charge in [0.1, 0.15) is 0 Å². The molecule has 1 fully saturated rings. The molecule has 0 aromatic carbocycles. The summed E-state index contributed by atoms with van der Waals surface area (Å²) in [4.78, 5) is 26.9. The number of hydrogen-bond donors (Lipinski definition) is 2. The second-order valence-corrected chi connectivity index (χ2v) is 9.43. The third-order valence-corrected chi connectivity index (χ3v) is 6.57. The van der Waals surface area contributed by atoms with Crippen molar-refractivity contribution in [2.45, 2.75) is 135 Å². The molecule has 1 saturated heterocycles. The van der Waals surface area contributed by atoms with Crippen LogP contribution in [-0.4, -0.2) is 42.4 Å². The lowest BCUT2D eigenvalue weighted by Crippen LogP contribution is -2.39. The molecule has 5 heteroatoms. The van der Waals surface area contributed by atoms with E-state index in [9.17, 15) is 9.59 Å². The molecule has 182 valence electrons. The summed E-state index contributed by atoms with van der Waals surface area (Å²) in [6, 6.07) is 0.111. The number of hydrogen-bond acceptors (Lipinski definition) is 3. The second kappa shape index (κ2) is 19.6.